The number of fused-ring (bicyclic) bond motifs is 3. The molecule has 78 valence electrons. The van der Waals surface area contributed by atoms with Crippen LogP contribution in [0.15, 0.2) is 0 Å². The Bertz CT molecular complexity index is 260. The molecular weight excluding hydrogens is 188 g/mol. The van der Waals surface area contributed by atoms with E-state index in [9.17, 15) is 9.59 Å². The molecule has 1 unspecified atom stereocenters. The second kappa shape index (κ2) is 3.55. The molecule has 2 bridgehead atoms. The minimum atomic E-state index is -1.53. The molecule has 3 heterocycles. The lowest BCUT2D eigenvalue weighted by Crippen LogP contribution is -2.62. The number of hydrogen-bond donors (Lipinski definition) is 1. The van der Waals surface area contributed by atoms with E-state index in [1.54, 1.807) is 0 Å². The highest BCUT2D eigenvalue weighted by atomic mass is 16.6. The number of esters is 1. The first-order chi connectivity index (χ1) is 6.66. The fourth-order valence-electron chi connectivity index (χ4n) is 1.86. The summed E-state index contributed by atoms with van der Waals surface area (Å²) >= 11 is 0. The van der Waals surface area contributed by atoms with Gasteiger partial charge in [0.2, 0.25) is 0 Å². The Morgan fingerprint density at radius 1 is 1.21 bits per heavy atom. The topological polar surface area (TPSA) is 70.1 Å². The molecule has 6 heteroatoms. The van der Waals surface area contributed by atoms with E-state index in [-0.39, 0.29) is 6.23 Å². The maximum atomic E-state index is 10.8. The summed E-state index contributed by atoms with van der Waals surface area (Å²) in [6.45, 7) is 4.26. The van der Waals surface area contributed by atoms with Crippen molar-refractivity contribution in [2.75, 3.05) is 32.7 Å². The Kier molecular flexibility index (Phi) is 2.39. The summed E-state index contributed by atoms with van der Waals surface area (Å²) in [6, 6.07) is 0. The molecular formula is C8H12N2O4. The Hall–Kier alpha value is -1.14. The lowest BCUT2D eigenvalue weighted by Gasteiger charge is -2.46. The van der Waals surface area contributed by atoms with E-state index in [0.717, 1.165) is 26.2 Å². The summed E-state index contributed by atoms with van der Waals surface area (Å²) < 4.78 is 4.83. The third-order valence-corrected chi connectivity index (χ3v) is 2.65. The molecule has 0 aromatic rings. The Morgan fingerprint density at radius 2 is 1.86 bits per heavy atom. The van der Waals surface area contributed by atoms with Crippen LogP contribution in [0.5, 0.6) is 0 Å². The fraction of sp³-hybridized carbons (Fsp3) is 0.750. The quantitative estimate of drug-likeness (QED) is 0.413. The molecule has 6 nitrogen and oxygen atoms in total. The fourth-order valence-corrected chi connectivity index (χ4v) is 1.86. The van der Waals surface area contributed by atoms with Crippen molar-refractivity contribution in [3.63, 3.8) is 0 Å². The Balaban J connectivity index is 1.93. The number of carboxylic acids is 1. The van der Waals surface area contributed by atoms with Crippen molar-refractivity contribution in [1.29, 1.82) is 0 Å². The number of carbonyl (C=O) groups is 2. The van der Waals surface area contributed by atoms with Crippen LogP contribution in [-0.2, 0) is 14.3 Å². The van der Waals surface area contributed by atoms with Crippen molar-refractivity contribution < 1.29 is 19.4 Å². The van der Waals surface area contributed by atoms with E-state index < -0.39 is 11.9 Å². The van der Waals surface area contributed by atoms with E-state index in [2.05, 4.69) is 4.90 Å². The van der Waals surface area contributed by atoms with Crippen molar-refractivity contribution in [2.45, 2.75) is 6.23 Å². The molecule has 0 radical (unpaired) electrons. The number of carboxylic acid groups (broad SMARTS) is 1. The van der Waals surface area contributed by atoms with Gasteiger partial charge in [-0.1, -0.05) is 0 Å². The number of ether oxygens (including phenoxy) is 1. The van der Waals surface area contributed by atoms with Gasteiger partial charge < -0.3 is 9.84 Å². The summed E-state index contributed by atoms with van der Waals surface area (Å²) in [7, 11) is 0. The van der Waals surface area contributed by atoms with E-state index in [4.69, 9.17) is 9.84 Å². The largest absolute Gasteiger partial charge is 0.473 e. The van der Waals surface area contributed by atoms with E-state index >= 15 is 0 Å². The highest BCUT2D eigenvalue weighted by Crippen LogP contribution is 2.16. The number of rotatable bonds is 1. The minimum absolute atomic E-state index is 0.374. The first kappa shape index (κ1) is 9.42. The normalized spacial score (nSPS) is 35.3. The van der Waals surface area contributed by atoms with Gasteiger partial charge in [-0.2, -0.15) is 0 Å². The van der Waals surface area contributed by atoms with Crippen LogP contribution in [-0.4, -0.2) is 65.8 Å². The maximum Gasteiger partial charge on any atom is 0.418 e. The Morgan fingerprint density at radius 3 is 2.29 bits per heavy atom. The summed E-state index contributed by atoms with van der Waals surface area (Å²) in [6.07, 6.45) is -0.374. The second-order valence-electron chi connectivity index (χ2n) is 3.50. The van der Waals surface area contributed by atoms with Gasteiger partial charge in [-0.15, -0.1) is 0 Å². The number of hydrogen-bond acceptors (Lipinski definition) is 5. The van der Waals surface area contributed by atoms with E-state index in [0.29, 0.717) is 6.54 Å². The molecule has 3 rings (SSSR count). The molecule has 0 amide bonds. The summed E-state index contributed by atoms with van der Waals surface area (Å²) in [5.74, 6) is -2.69. The van der Waals surface area contributed by atoms with Gasteiger partial charge in [-0.25, -0.2) is 9.59 Å². The maximum absolute atomic E-state index is 10.8. The van der Waals surface area contributed by atoms with Crippen LogP contribution in [0.3, 0.4) is 0 Å². The lowest BCUT2D eigenvalue weighted by molar-refractivity contribution is -0.183. The van der Waals surface area contributed by atoms with E-state index in [1.165, 1.54) is 0 Å². The van der Waals surface area contributed by atoms with E-state index in [1.807, 2.05) is 4.90 Å². The molecule has 0 aromatic carbocycles. The van der Waals surface area contributed by atoms with Crippen LogP contribution in [0.4, 0.5) is 0 Å². The van der Waals surface area contributed by atoms with Crippen LogP contribution in [0, 0.1) is 0 Å². The molecule has 0 spiro atoms. The van der Waals surface area contributed by atoms with Gasteiger partial charge in [0, 0.05) is 32.7 Å². The molecule has 3 aliphatic rings. The van der Waals surface area contributed by atoms with Gasteiger partial charge in [0.25, 0.3) is 0 Å². The SMILES string of the molecule is O=C(O)C(=O)OC1CN2CCN1CC2. The third-order valence-electron chi connectivity index (χ3n) is 2.65. The first-order valence-electron chi connectivity index (χ1n) is 4.57. The van der Waals surface area contributed by atoms with Gasteiger partial charge in [0.15, 0.2) is 6.23 Å². The number of aliphatic carboxylic acids is 1. The highest BCUT2D eigenvalue weighted by molar-refractivity contribution is 6.28. The molecule has 14 heavy (non-hydrogen) atoms. The summed E-state index contributed by atoms with van der Waals surface area (Å²) in [5.41, 5.74) is 0. The van der Waals surface area contributed by atoms with Crippen molar-refractivity contribution >= 4 is 11.9 Å². The minimum Gasteiger partial charge on any atom is -0.473 e. The van der Waals surface area contributed by atoms with Crippen molar-refractivity contribution in [2.24, 2.45) is 0 Å². The number of carbonyl (C=O) groups excluding carboxylic acids is 1. The summed E-state index contributed by atoms with van der Waals surface area (Å²) in [5, 5.41) is 8.38. The highest BCUT2D eigenvalue weighted by Gasteiger charge is 2.35. The summed E-state index contributed by atoms with van der Waals surface area (Å²) in [4.78, 5) is 25.3. The average Bonchev–Trinajstić information content (AvgIpc) is 2.19. The average molecular weight is 200 g/mol. The molecule has 1 N–H and O–H groups in total. The standard InChI is InChI=1S/C8H12N2O4/c11-7(12)8(13)14-6-5-9-1-3-10(6)4-2-9/h6H,1-5H2,(H,11,12). The molecule has 1 atom stereocenters. The molecule has 0 aromatic heterocycles. The van der Waals surface area contributed by atoms with Gasteiger partial charge >= 0.3 is 11.9 Å². The predicted octanol–water partition coefficient (Wildman–Crippen LogP) is -1.43. The van der Waals surface area contributed by atoms with Gasteiger partial charge in [-0.05, 0) is 0 Å². The third kappa shape index (κ3) is 1.71. The zero-order valence-electron chi connectivity index (χ0n) is 7.68. The number of piperazine rings is 3. The molecule has 0 aliphatic carbocycles. The van der Waals surface area contributed by atoms with Crippen LogP contribution >= 0.6 is 0 Å². The zero-order valence-corrected chi connectivity index (χ0v) is 7.68. The molecule has 0 saturated carbocycles. The van der Waals surface area contributed by atoms with Crippen molar-refractivity contribution in [3.8, 4) is 0 Å². The number of nitrogens with zero attached hydrogens (tertiary/aromatic N) is 2. The van der Waals surface area contributed by atoms with Crippen LogP contribution in [0.1, 0.15) is 0 Å². The molecule has 3 aliphatic heterocycles. The Labute approximate surface area is 81.0 Å². The zero-order chi connectivity index (χ0) is 10.1. The van der Waals surface area contributed by atoms with Crippen LogP contribution in [0.2, 0.25) is 0 Å². The second-order valence-corrected chi connectivity index (χ2v) is 3.50. The van der Waals surface area contributed by atoms with Crippen molar-refractivity contribution in [1.82, 2.24) is 9.80 Å². The van der Waals surface area contributed by atoms with Gasteiger partial charge in [-0.3, -0.25) is 9.80 Å². The van der Waals surface area contributed by atoms with Gasteiger partial charge in [0.1, 0.15) is 0 Å². The molecule has 3 saturated heterocycles. The van der Waals surface area contributed by atoms with Crippen LogP contribution in [0.25, 0.3) is 0 Å². The molecule has 3 fully saturated rings. The van der Waals surface area contributed by atoms with Crippen LogP contribution < -0.4 is 0 Å². The monoisotopic (exact) mass is 200 g/mol. The predicted molar refractivity (Wildman–Crippen MR) is 45.5 cm³/mol. The first-order valence-corrected chi connectivity index (χ1v) is 4.57. The van der Waals surface area contributed by atoms with Gasteiger partial charge in [0.05, 0.1) is 0 Å². The smallest absolute Gasteiger partial charge is 0.418 e. The lowest BCUT2D eigenvalue weighted by atomic mass is 10.2. The van der Waals surface area contributed by atoms with Crippen molar-refractivity contribution in [3.05, 3.63) is 0 Å².